The lowest BCUT2D eigenvalue weighted by molar-refractivity contribution is -0.134. The summed E-state index contributed by atoms with van der Waals surface area (Å²) >= 11 is 1.70. The number of aryl methyl sites for hydroxylation is 1. The molecule has 0 bridgehead atoms. The van der Waals surface area contributed by atoms with Crippen LogP contribution in [0.15, 0.2) is 5.51 Å². The maximum absolute atomic E-state index is 12.4. The fourth-order valence-corrected chi connectivity index (χ4v) is 3.79. The Kier molecular flexibility index (Phi) is 4.41. The zero-order chi connectivity index (χ0) is 14.0. The molecule has 0 saturated heterocycles. The normalized spacial score (nSPS) is 23.0. The third-order valence-electron chi connectivity index (χ3n) is 4.18. The molecular formula is C15H24N2OS. The van der Waals surface area contributed by atoms with Crippen molar-refractivity contribution in [1.29, 1.82) is 0 Å². The Morgan fingerprint density at radius 2 is 2.26 bits per heavy atom. The van der Waals surface area contributed by atoms with E-state index >= 15 is 0 Å². The van der Waals surface area contributed by atoms with Gasteiger partial charge in [0.15, 0.2) is 0 Å². The molecule has 0 aromatic carbocycles. The predicted molar refractivity (Wildman–Crippen MR) is 79.3 cm³/mol. The van der Waals surface area contributed by atoms with E-state index < -0.39 is 0 Å². The van der Waals surface area contributed by atoms with Crippen molar-refractivity contribution in [2.24, 2.45) is 11.3 Å². The number of hydrogen-bond acceptors (Lipinski definition) is 4. The number of ketones is 1. The van der Waals surface area contributed by atoms with Gasteiger partial charge in [0.2, 0.25) is 0 Å². The summed E-state index contributed by atoms with van der Waals surface area (Å²) in [5, 5.41) is 0. The molecule has 1 fully saturated rings. The Balaban J connectivity index is 1.93. The Hall–Kier alpha value is -0.740. The number of nitrogens with zero attached hydrogens (tertiary/aromatic N) is 2. The van der Waals surface area contributed by atoms with Crippen molar-refractivity contribution in [2.75, 3.05) is 13.6 Å². The lowest BCUT2D eigenvalue weighted by Crippen LogP contribution is -2.40. The van der Waals surface area contributed by atoms with Crippen LogP contribution in [0, 0.1) is 18.3 Å². The minimum Gasteiger partial charge on any atom is -0.301 e. The summed E-state index contributed by atoms with van der Waals surface area (Å²) in [6, 6.07) is 0. The maximum atomic E-state index is 12.4. The van der Waals surface area contributed by atoms with Gasteiger partial charge in [-0.25, -0.2) is 4.98 Å². The first-order valence-corrected chi connectivity index (χ1v) is 7.90. The molecule has 0 aliphatic heterocycles. The van der Waals surface area contributed by atoms with Gasteiger partial charge in [-0.1, -0.05) is 20.3 Å². The summed E-state index contributed by atoms with van der Waals surface area (Å²) in [4.78, 5) is 20.3. The first-order chi connectivity index (χ1) is 8.90. The van der Waals surface area contributed by atoms with Crippen molar-refractivity contribution in [1.82, 2.24) is 9.88 Å². The Morgan fingerprint density at radius 3 is 2.89 bits per heavy atom. The van der Waals surface area contributed by atoms with E-state index in [2.05, 4.69) is 37.7 Å². The van der Waals surface area contributed by atoms with Crippen LogP contribution < -0.4 is 0 Å². The summed E-state index contributed by atoms with van der Waals surface area (Å²) in [7, 11) is 2.11. The van der Waals surface area contributed by atoms with E-state index in [4.69, 9.17) is 0 Å². The molecular weight excluding hydrogens is 256 g/mol. The summed E-state index contributed by atoms with van der Waals surface area (Å²) in [6.45, 7) is 8.01. The fraction of sp³-hybridized carbons (Fsp3) is 0.733. The summed E-state index contributed by atoms with van der Waals surface area (Å²) in [5.74, 6) is 0.661. The van der Waals surface area contributed by atoms with E-state index in [9.17, 15) is 4.79 Å². The molecule has 1 heterocycles. The first kappa shape index (κ1) is 14.7. The number of Topliss-reactive ketones (excluding diaryl/α,β-unsaturated/α-hetero) is 1. The lowest BCUT2D eigenvalue weighted by atomic mass is 9.71. The van der Waals surface area contributed by atoms with Crippen molar-refractivity contribution in [3.63, 3.8) is 0 Å². The van der Waals surface area contributed by atoms with Crippen LogP contribution in [0.3, 0.4) is 0 Å². The highest BCUT2D eigenvalue weighted by molar-refractivity contribution is 7.09. The van der Waals surface area contributed by atoms with E-state index in [0.29, 0.717) is 5.78 Å². The third-order valence-corrected chi connectivity index (χ3v) is 5.10. The van der Waals surface area contributed by atoms with Gasteiger partial charge in [0.25, 0.3) is 0 Å². The molecule has 3 nitrogen and oxygen atoms in total. The number of thiazole rings is 1. The maximum Gasteiger partial charge on any atom is 0.142 e. The van der Waals surface area contributed by atoms with Crippen molar-refractivity contribution in [3.8, 4) is 0 Å². The van der Waals surface area contributed by atoms with Crippen molar-refractivity contribution in [2.45, 2.75) is 46.6 Å². The van der Waals surface area contributed by atoms with Gasteiger partial charge < -0.3 is 4.90 Å². The molecule has 0 spiro atoms. The lowest BCUT2D eigenvalue weighted by Gasteiger charge is -2.35. The van der Waals surface area contributed by atoms with Gasteiger partial charge in [-0.05, 0) is 26.8 Å². The van der Waals surface area contributed by atoms with Crippen LogP contribution in [0.1, 0.15) is 43.7 Å². The molecule has 1 unspecified atom stereocenters. The molecule has 0 radical (unpaired) electrons. The topological polar surface area (TPSA) is 33.2 Å². The molecule has 1 aromatic heterocycles. The average molecular weight is 280 g/mol. The van der Waals surface area contributed by atoms with Gasteiger partial charge in [-0.2, -0.15) is 0 Å². The molecule has 4 heteroatoms. The van der Waals surface area contributed by atoms with Crippen LogP contribution in [0.25, 0.3) is 0 Å². The second kappa shape index (κ2) is 5.71. The molecule has 0 amide bonds. The Bertz CT molecular complexity index is 453. The number of carbonyl (C=O) groups excluding carboxylic acids is 1. The van der Waals surface area contributed by atoms with Gasteiger partial charge in [0.05, 0.1) is 11.2 Å². The van der Waals surface area contributed by atoms with Crippen LogP contribution >= 0.6 is 11.3 Å². The van der Waals surface area contributed by atoms with Gasteiger partial charge in [0, 0.05) is 29.3 Å². The predicted octanol–water partition coefficient (Wildman–Crippen LogP) is 3.28. The largest absolute Gasteiger partial charge is 0.301 e. The molecule has 1 aromatic rings. The number of aromatic nitrogens is 1. The summed E-state index contributed by atoms with van der Waals surface area (Å²) in [5.41, 5.74) is 2.89. The molecule has 19 heavy (non-hydrogen) atoms. The highest BCUT2D eigenvalue weighted by Gasteiger charge is 2.37. The summed E-state index contributed by atoms with van der Waals surface area (Å²) in [6.07, 6.45) is 3.27. The van der Waals surface area contributed by atoms with Crippen molar-refractivity contribution >= 4 is 17.1 Å². The van der Waals surface area contributed by atoms with Gasteiger partial charge in [-0.15, -0.1) is 11.3 Å². The van der Waals surface area contributed by atoms with Gasteiger partial charge >= 0.3 is 0 Å². The van der Waals surface area contributed by atoms with E-state index in [1.165, 1.54) is 11.3 Å². The van der Waals surface area contributed by atoms with E-state index in [-0.39, 0.29) is 11.3 Å². The Labute approximate surface area is 120 Å². The van der Waals surface area contributed by atoms with Crippen LogP contribution in [-0.2, 0) is 11.3 Å². The number of carbonyl (C=O) groups is 1. The van der Waals surface area contributed by atoms with E-state index in [0.717, 1.165) is 31.6 Å². The van der Waals surface area contributed by atoms with Crippen LogP contribution in [0.4, 0.5) is 0 Å². The van der Waals surface area contributed by atoms with Crippen molar-refractivity contribution < 1.29 is 4.79 Å². The molecule has 1 aliphatic rings. The fourth-order valence-electron chi connectivity index (χ4n) is 2.94. The minimum atomic E-state index is -0.121. The van der Waals surface area contributed by atoms with Gasteiger partial charge in [-0.3, -0.25) is 4.79 Å². The minimum absolute atomic E-state index is 0.121. The second-order valence-electron chi connectivity index (χ2n) is 6.39. The zero-order valence-corrected chi connectivity index (χ0v) is 13.2. The van der Waals surface area contributed by atoms with Crippen LogP contribution in [0.2, 0.25) is 0 Å². The standard InChI is InChI=1S/C15H24N2OS/c1-11-13(19-10-16-11)9-17(4)8-12-6-5-7-15(2,3)14(12)18/h10,12H,5-9H2,1-4H3. The molecule has 2 rings (SSSR count). The van der Waals surface area contributed by atoms with E-state index in [1.807, 2.05) is 5.51 Å². The smallest absolute Gasteiger partial charge is 0.142 e. The quantitative estimate of drug-likeness (QED) is 0.848. The SMILES string of the molecule is Cc1ncsc1CN(C)CC1CCCC(C)(C)C1=O. The second-order valence-corrected chi connectivity index (χ2v) is 7.33. The zero-order valence-electron chi connectivity index (χ0n) is 12.4. The molecule has 1 aliphatic carbocycles. The summed E-state index contributed by atoms with van der Waals surface area (Å²) < 4.78 is 0. The van der Waals surface area contributed by atoms with Crippen LogP contribution in [-0.4, -0.2) is 29.3 Å². The molecule has 1 atom stereocenters. The average Bonchev–Trinajstić information content (AvgIpc) is 2.71. The van der Waals surface area contributed by atoms with Crippen molar-refractivity contribution in [3.05, 3.63) is 16.1 Å². The number of rotatable bonds is 4. The van der Waals surface area contributed by atoms with E-state index in [1.54, 1.807) is 11.3 Å². The Morgan fingerprint density at radius 1 is 1.53 bits per heavy atom. The highest BCUT2D eigenvalue weighted by Crippen LogP contribution is 2.35. The molecule has 106 valence electrons. The monoisotopic (exact) mass is 280 g/mol. The highest BCUT2D eigenvalue weighted by atomic mass is 32.1. The molecule has 1 saturated carbocycles. The molecule has 0 N–H and O–H groups in total. The first-order valence-electron chi connectivity index (χ1n) is 7.02. The third kappa shape index (κ3) is 3.42. The van der Waals surface area contributed by atoms with Gasteiger partial charge in [0.1, 0.15) is 5.78 Å². The number of hydrogen-bond donors (Lipinski definition) is 0. The van der Waals surface area contributed by atoms with Crippen LogP contribution in [0.5, 0.6) is 0 Å².